The second-order valence-corrected chi connectivity index (χ2v) is 6.63. The van der Waals surface area contributed by atoms with E-state index in [1.54, 1.807) is 25.1 Å². The van der Waals surface area contributed by atoms with Crippen molar-refractivity contribution in [2.45, 2.75) is 44.8 Å². The number of aryl methyl sites for hydroxylation is 1. The van der Waals surface area contributed by atoms with E-state index in [0.29, 0.717) is 36.9 Å². The zero-order chi connectivity index (χ0) is 18.9. The van der Waals surface area contributed by atoms with Gasteiger partial charge in [0.15, 0.2) is 5.66 Å². The maximum Gasteiger partial charge on any atom is 0.262 e. The lowest BCUT2D eigenvalue weighted by atomic mass is 10.0. The zero-order valence-corrected chi connectivity index (χ0v) is 14.8. The first-order valence-electron chi connectivity index (χ1n) is 8.52. The predicted octanol–water partition coefficient (Wildman–Crippen LogP) is 2.06. The molecule has 0 bridgehead atoms. The number of fused-ring (bicyclic) bond motifs is 1. The maximum atomic E-state index is 12.5. The van der Waals surface area contributed by atoms with E-state index in [2.05, 4.69) is 21.5 Å². The molecule has 1 aromatic rings. The number of hydrogen-bond acceptors (Lipinski definition) is 5. The Morgan fingerprint density at radius 2 is 1.96 bits per heavy atom. The molecule has 0 fully saturated rings. The molecule has 2 aliphatic rings. The van der Waals surface area contributed by atoms with E-state index < -0.39 is 23.5 Å². The van der Waals surface area contributed by atoms with Crippen molar-refractivity contribution in [1.82, 2.24) is 10.2 Å². The molecule has 7 heteroatoms. The topological polar surface area (TPSA) is 91.2 Å². The third kappa shape index (κ3) is 3.23. The lowest BCUT2D eigenvalue weighted by Gasteiger charge is -2.22. The van der Waals surface area contributed by atoms with Gasteiger partial charge in [0, 0.05) is 25.8 Å². The Labute approximate surface area is 151 Å². The van der Waals surface area contributed by atoms with Crippen LogP contribution in [0.5, 0.6) is 0 Å². The van der Waals surface area contributed by atoms with Crippen LogP contribution in [0.2, 0.25) is 0 Å². The minimum Gasteiger partial charge on any atom is -0.354 e. The predicted molar refractivity (Wildman–Crippen MR) is 94.4 cm³/mol. The molecule has 2 heterocycles. The van der Waals surface area contributed by atoms with Gasteiger partial charge in [0.05, 0.1) is 11.1 Å². The number of nitrogens with one attached hydrogen (secondary N) is 1. The third-order valence-corrected chi connectivity index (χ3v) is 4.72. The fourth-order valence-electron chi connectivity index (χ4n) is 3.04. The molecule has 2 aliphatic heterocycles. The van der Waals surface area contributed by atoms with Crippen LogP contribution in [-0.4, -0.2) is 40.9 Å². The molecule has 1 aromatic carbocycles. The van der Waals surface area contributed by atoms with E-state index in [0.717, 1.165) is 10.5 Å². The zero-order valence-electron chi connectivity index (χ0n) is 14.8. The van der Waals surface area contributed by atoms with Gasteiger partial charge in [-0.15, -0.1) is 12.3 Å². The number of nitrogens with zero attached hydrogens (tertiary/aromatic N) is 3. The van der Waals surface area contributed by atoms with Gasteiger partial charge in [-0.2, -0.15) is 10.2 Å². The van der Waals surface area contributed by atoms with E-state index >= 15 is 0 Å². The Balaban J connectivity index is 1.58. The van der Waals surface area contributed by atoms with Gasteiger partial charge in [-0.1, -0.05) is 11.6 Å². The molecular weight excluding hydrogens is 332 g/mol. The molecule has 0 saturated carbocycles. The van der Waals surface area contributed by atoms with Crippen molar-refractivity contribution in [3.63, 3.8) is 0 Å². The van der Waals surface area contributed by atoms with Crippen LogP contribution in [0.15, 0.2) is 28.4 Å². The molecule has 3 amide bonds. The van der Waals surface area contributed by atoms with Crippen LogP contribution < -0.4 is 5.32 Å². The normalized spacial score (nSPS) is 17.7. The summed E-state index contributed by atoms with van der Waals surface area (Å²) in [6.45, 7) is 3.74. The highest BCUT2D eigenvalue weighted by Crippen LogP contribution is 2.36. The number of carbonyl (C=O) groups is 3. The van der Waals surface area contributed by atoms with Crippen LogP contribution in [0, 0.1) is 19.3 Å². The standard InChI is InChI=1S/C19H20N4O3/c1-4-5-8-19(21-22-19)9-10-20-16(24)13(3)23-17(25)14-7-6-12(2)11-15(14)18(23)26/h1,6-7,11,13H,5,8-10H2,2-3H3,(H,20,24). The molecule has 1 unspecified atom stereocenters. The summed E-state index contributed by atoms with van der Waals surface area (Å²) in [5.74, 6) is 1.29. The lowest BCUT2D eigenvalue weighted by Crippen LogP contribution is -2.48. The molecule has 0 aromatic heterocycles. The van der Waals surface area contributed by atoms with Crippen molar-refractivity contribution in [2.24, 2.45) is 10.2 Å². The number of terminal acetylenes is 1. The Bertz CT molecular complexity index is 847. The second kappa shape index (κ2) is 6.71. The van der Waals surface area contributed by atoms with E-state index in [1.807, 2.05) is 6.92 Å². The summed E-state index contributed by atoms with van der Waals surface area (Å²) >= 11 is 0. The van der Waals surface area contributed by atoms with Gasteiger partial charge in [0.1, 0.15) is 6.04 Å². The molecule has 3 rings (SSSR count). The van der Waals surface area contributed by atoms with Crippen LogP contribution in [0.25, 0.3) is 0 Å². The quantitative estimate of drug-likeness (QED) is 0.601. The first-order chi connectivity index (χ1) is 12.4. The Morgan fingerprint density at radius 1 is 1.27 bits per heavy atom. The minimum atomic E-state index is -0.891. The molecule has 0 saturated heterocycles. The van der Waals surface area contributed by atoms with Crippen molar-refractivity contribution < 1.29 is 14.4 Å². The fourth-order valence-corrected chi connectivity index (χ4v) is 3.04. The van der Waals surface area contributed by atoms with E-state index in [9.17, 15) is 14.4 Å². The average molecular weight is 352 g/mol. The minimum absolute atomic E-state index is 0.337. The van der Waals surface area contributed by atoms with Gasteiger partial charge >= 0.3 is 0 Å². The molecule has 26 heavy (non-hydrogen) atoms. The molecule has 0 aliphatic carbocycles. The van der Waals surface area contributed by atoms with Gasteiger partial charge in [-0.25, -0.2) is 0 Å². The van der Waals surface area contributed by atoms with E-state index in [1.165, 1.54) is 0 Å². The molecule has 134 valence electrons. The number of amides is 3. The third-order valence-electron chi connectivity index (χ3n) is 4.72. The van der Waals surface area contributed by atoms with Crippen molar-refractivity contribution in [1.29, 1.82) is 0 Å². The molecule has 1 atom stereocenters. The summed E-state index contributed by atoms with van der Waals surface area (Å²) in [5, 5.41) is 10.8. The molecule has 0 radical (unpaired) electrons. The summed E-state index contributed by atoms with van der Waals surface area (Å²) in [7, 11) is 0. The summed E-state index contributed by atoms with van der Waals surface area (Å²) in [6, 6.07) is 4.18. The smallest absolute Gasteiger partial charge is 0.262 e. The highest BCUT2D eigenvalue weighted by molar-refractivity contribution is 6.22. The number of rotatable bonds is 7. The first-order valence-corrected chi connectivity index (χ1v) is 8.52. The first kappa shape index (κ1) is 17.8. The Morgan fingerprint density at radius 3 is 2.62 bits per heavy atom. The monoisotopic (exact) mass is 352 g/mol. The average Bonchev–Trinajstić information content (AvgIpc) is 3.34. The van der Waals surface area contributed by atoms with Crippen molar-refractivity contribution in [3.05, 3.63) is 34.9 Å². The number of imide groups is 1. The van der Waals surface area contributed by atoms with Gasteiger partial charge in [0.2, 0.25) is 5.91 Å². The number of hydrogen-bond donors (Lipinski definition) is 1. The summed E-state index contributed by atoms with van der Waals surface area (Å²) < 4.78 is 0. The SMILES string of the molecule is C#CCCC1(CCNC(=O)C(C)N2C(=O)c3ccc(C)cc3C2=O)N=N1. The van der Waals surface area contributed by atoms with Crippen LogP contribution in [-0.2, 0) is 4.79 Å². The van der Waals surface area contributed by atoms with Crippen molar-refractivity contribution in [2.75, 3.05) is 6.54 Å². The Kier molecular flexibility index (Phi) is 4.60. The highest BCUT2D eigenvalue weighted by Gasteiger charge is 2.42. The van der Waals surface area contributed by atoms with E-state index in [-0.39, 0.29) is 5.91 Å². The van der Waals surface area contributed by atoms with Crippen molar-refractivity contribution >= 4 is 17.7 Å². The summed E-state index contributed by atoms with van der Waals surface area (Å²) in [6.07, 6.45) is 7.03. The van der Waals surface area contributed by atoms with Gasteiger partial charge in [-0.05, 0) is 26.0 Å². The molecular formula is C19H20N4O3. The van der Waals surface area contributed by atoms with Crippen LogP contribution in [0.4, 0.5) is 0 Å². The summed E-state index contributed by atoms with van der Waals surface area (Å²) in [4.78, 5) is 38.5. The highest BCUT2D eigenvalue weighted by atomic mass is 16.2. The second-order valence-electron chi connectivity index (χ2n) is 6.63. The van der Waals surface area contributed by atoms with Crippen LogP contribution in [0.3, 0.4) is 0 Å². The molecule has 0 spiro atoms. The molecule has 1 N–H and O–H groups in total. The largest absolute Gasteiger partial charge is 0.354 e. The number of benzene rings is 1. The lowest BCUT2D eigenvalue weighted by molar-refractivity contribution is -0.124. The Hall–Kier alpha value is -3.01. The van der Waals surface area contributed by atoms with Crippen LogP contribution in [0.1, 0.15) is 52.5 Å². The van der Waals surface area contributed by atoms with Gasteiger partial charge < -0.3 is 5.32 Å². The van der Waals surface area contributed by atoms with Gasteiger partial charge in [0.25, 0.3) is 11.8 Å². The van der Waals surface area contributed by atoms with Crippen molar-refractivity contribution in [3.8, 4) is 12.3 Å². The van der Waals surface area contributed by atoms with Gasteiger partial charge in [-0.3, -0.25) is 19.3 Å². The molecule has 7 nitrogen and oxygen atoms in total. The maximum absolute atomic E-state index is 12.5. The fraction of sp³-hybridized carbons (Fsp3) is 0.421. The van der Waals surface area contributed by atoms with Crippen LogP contribution >= 0.6 is 0 Å². The number of carbonyl (C=O) groups excluding carboxylic acids is 3. The van der Waals surface area contributed by atoms with E-state index in [4.69, 9.17) is 6.42 Å². The summed E-state index contributed by atoms with van der Waals surface area (Å²) in [5.41, 5.74) is 1.09.